The number of hydrogen-bond donors (Lipinski definition) is 2. The second kappa shape index (κ2) is 5.52. The molecule has 0 saturated carbocycles. The van der Waals surface area contributed by atoms with Crippen molar-refractivity contribution < 1.29 is 4.79 Å². The molecule has 118 valence electrons. The lowest BCUT2D eigenvalue weighted by atomic mass is 9.92. The molecule has 5 nitrogen and oxygen atoms in total. The van der Waals surface area contributed by atoms with Crippen LogP contribution in [-0.2, 0) is 25.4 Å². The molecular weight excluding hydrogens is 296 g/mol. The van der Waals surface area contributed by atoms with Crippen LogP contribution in [0.15, 0.2) is 11.4 Å². The maximum atomic E-state index is 12.6. The average Bonchev–Trinajstić information content (AvgIpc) is 3.02. The molecule has 0 aromatic carbocycles. The summed E-state index contributed by atoms with van der Waals surface area (Å²) >= 11 is 1.66. The molecule has 22 heavy (non-hydrogen) atoms. The molecule has 0 atom stereocenters. The molecule has 0 saturated heterocycles. The van der Waals surface area contributed by atoms with Crippen molar-refractivity contribution in [1.82, 2.24) is 15.1 Å². The topological polar surface area (TPSA) is 59.0 Å². The van der Waals surface area contributed by atoms with E-state index in [4.69, 9.17) is 0 Å². The number of carbonyl (C=O) groups excluding carboxylic acids is 1. The van der Waals surface area contributed by atoms with E-state index in [9.17, 15) is 4.79 Å². The van der Waals surface area contributed by atoms with Crippen LogP contribution in [0.2, 0.25) is 0 Å². The minimum Gasteiger partial charge on any atom is -0.312 e. The van der Waals surface area contributed by atoms with E-state index in [0.717, 1.165) is 36.6 Å². The Morgan fingerprint density at radius 2 is 2.23 bits per heavy atom. The number of carbonyl (C=O) groups is 1. The van der Waals surface area contributed by atoms with Gasteiger partial charge in [-0.3, -0.25) is 9.48 Å². The third-order valence-electron chi connectivity index (χ3n) is 3.95. The van der Waals surface area contributed by atoms with E-state index in [1.54, 1.807) is 16.0 Å². The van der Waals surface area contributed by atoms with Crippen LogP contribution in [0.4, 0.5) is 5.82 Å². The molecule has 2 N–H and O–H groups in total. The van der Waals surface area contributed by atoms with Gasteiger partial charge in [-0.2, -0.15) is 5.10 Å². The molecule has 0 fully saturated rings. The van der Waals surface area contributed by atoms with E-state index in [-0.39, 0.29) is 11.3 Å². The van der Waals surface area contributed by atoms with Gasteiger partial charge in [0.05, 0.1) is 11.3 Å². The average molecular weight is 318 g/mol. The van der Waals surface area contributed by atoms with E-state index in [1.807, 2.05) is 18.5 Å². The van der Waals surface area contributed by atoms with Crippen LogP contribution < -0.4 is 10.6 Å². The Bertz CT molecular complexity index is 708. The quantitative estimate of drug-likeness (QED) is 0.895. The van der Waals surface area contributed by atoms with Crippen LogP contribution in [0, 0.1) is 0 Å². The van der Waals surface area contributed by atoms with Crippen molar-refractivity contribution in [1.29, 1.82) is 0 Å². The Kier molecular flexibility index (Phi) is 3.82. The van der Waals surface area contributed by atoms with Gasteiger partial charge in [0.1, 0.15) is 5.82 Å². The van der Waals surface area contributed by atoms with Gasteiger partial charge < -0.3 is 10.6 Å². The molecule has 0 radical (unpaired) electrons. The van der Waals surface area contributed by atoms with Crippen molar-refractivity contribution in [3.8, 4) is 0 Å². The Morgan fingerprint density at radius 1 is 1.45 bits per heavy atom. The first kappa shape index (κ1) is 15.2. The number of aromatic nitrogens is 2. The lowest BCUT2D eigenvalue weighted by molar-refractivity contribution is 0.102. The highest BCUT2D eigenvalue weighted by Gasteiger charge is 2.23. The molecule has 3 heterocycles. The van der Waals surface area contributed by atoms with Crippen molar-refractivity contribution in [3.63, 3.8) is 0 Å². The van der Waals surface area contributed by atoms with Gasteiger partial charge in [-0.25, -0.2) is 0 Å². The molecule has 1 aliphatic heterocycles. The van der Waals surface area contributed by atoms with Crippen molar-refractivity contribution in [3.05, 3.63) is 33.1 Å². The molecule has 0 unspecified atom stereocenters. The monoisotopic (exact) mass is 318 g/mol. The Morgan fingerprint density at radius 3 is 2.91 bits per heavy atom. The van der Waals surface area contributed by atoms with Crippen LogP contribution in [0.3, 0.4) is 0 Å². The number of nitrogens with zero attached hydrogens (tertiary/aromatic N) is 2. The smallest absolute Gasteiger partial charge is 0.257 e. The molecule has 0 aliphatic carbocycles. The number of amides is 1. The summed E-state index contributed by atoms with van der Waals surface area (Å²) in [6, 6.07) is 1.96. The van der Waals surface area contributed by atoms with Crippen LogP contribution in [0.5, 0.6) is 0 Å². The highest BCUT2D eigenvalue weighted by Crippen LogP contribution is 2.27. The molecule has 1 amide bonds. The van der Waals surface area contributed by atoms with Gasteiger partial charge in [0.15, 0.2) is 0 Å². The van der Waals surface area contributed by atoms with Gasteiger partial charge in [0.2, 0.25) is 0 Å². The van der Waals surface area contributed by atoms with Crippen LogP contribution in [0.1, 0.15) is 47.3 Å². The van der Waals surface area contributed by atoms with Crippen molar-refractivity contribution in [2.75, 3.05) is 11.9 Å². The summed E-state index contributed by atoms with van der Waals surface area (Å²) in [5.41, 5.74) is 2.94. The maximum Gasteiger partial charge on any atom is 0.257 e. The highest BCUT2D eigenvalue weighted by molar-refractivity contribution is 7.10. The van der Waals surface area contributed by atoms with Gasteiger partial charge in [-0.15, -0.1) is 11.3 Å². The minimum absolute atomic E-state index is 0.0338. The third kappa shape index (κ3) is 2.80. The van der Waals surface area contributed by atoms with Crippen LogP contribution in [-0.4, -0.2) is 22.2 Å². The number of fused-ring (bicyclic) bond motifs is 1. The van der Waals surface area contributed by atoms with E-state index in [1.165, 1.54) is 10.4 Å². The SMILES string of the molecule is Cn1nc(C(C)(C)C)cc1NC(=O)c1csc2c1CCNC2. The summed E-state index contributed by atoms with van der Waals surface area (Å²) in [6.07, 6.45) is 0.917. The molecule has 6 heteroatoms. The molecule has 2 aromatic rings. The summed E-state index contributed by atoms with van der Waals surface area (Å²) in [4.78, 5) is 13.9. The zero-order valence-electron chi connectivity index (χ0n) is 13.5. The number of hydrogen-bond acceptors (Lipinski definition) is 4. The van der Waals surface area contributed by atoms with E-state index < -0.39 is 0 Å². The summed E-state index contributed by atoms with van der Waals surface area (Å²) < 4.78 is 1.73. The normalized spacial score (nSPS) is 14.7. The Balaban J connectivity index is 1.83. The van der Waals surface area contributed by atoms with Gasteiger partial charge in [-0.05, 0) is 18.5 Å². The predicted molar refractivity (Wildman–Crippen MR) is 89.6 cm³/mol. The standard InChI is InChI=1S/C16H22N4OS/c1-16(2,3)13-7-14(20(4)19-13)18-15(21)11-9-22-12-8-17-6-5-10(11)12/h7,9,17H,5-6,8H2,1-4H3,(H,18,21). The van der Waals surface area contributed by atoms with E-state index >= 15 is 0 Å². The number of aryl methyl sites for hydroxylation is 1. The molecule has 0 bridgehead atoms. The lowest BCUT2D eigenvalue weighted by Gasteiger charge is -2.14. The highest BCUT2D eigenvalue weighted by atomic mass is 32.1. The predicted octanol–water partition coefficient (Wildman–Crippen LogP) is 2.68. The summed E-state index contributed by atoms with van der Waals surface area (Å²) in [5, 5.41) is 12.8. The lowest BCUT2D eigenvalue weighted by Crippen LogP contribution is -2.24. The number of anilines is 1. The first-order valence-corrected chi connectivity index (χ1v) is 8.40. The summed E-state index contributed by atoms with van der Waals surface area (Å²) in [7, 11) is 1.86. The molecule has 2 aromatic heterocycles. The maximum absolute atomic E-state index is 12.6. The van der Waals surface area contributed by atoms with Gasteiger partial charge in [0, 0.05) is 35.3 Å². The van der Waals surface area contributed by atoms with Gasteiger partial charge in [-0.1, -0.05) is 20.8 Å². The molecule has 1 aliphatic rings. The van der Waals surface area contributed by atoms with E-state index in [0.29, 0.717) is 0 Å². The zero-order valence-corrected chi connectivity index (χ0v) is 14.3. The fraction of sp³-hybridized carbons (Fsp3) is 0.500. The fourth-order valence-corrected chi connectivity index (χ4v) is 3.63. The number of rotatable bonds is 2. The van der Waals surface area contributed by atoms with E-state index in [2.05, 4.69) is 36.5 Å². The third-order valence-corrected chi connectivity index (χ3v) is 4.98. The van der Waals surface area contributed by atoms with Crippen molar-refractivity contribution in [2.24, 2.45) is 7.05 Å². The summed E-state index contributed by atoms with van der Waals surface area (Å²) in [5.74, 6) is 0.701. The first-order valence-electron chi connectivity index (χ1n) is 7.52. The first-order chi connectivity index (χ1) is 10.4. The molecule has 3 rings (SSSR count). The number of nitrogens with one attached hydrogen (secondary N) is 2. The van der Waals surface area contributed by atoms with Crippen molar-refractivity contribution >= 4 is 23.1 Å². The van der Waals surface area contributed by atoms with Gasteiger partial charge >= 0.3 is 0 Å². The summed E-state index contributed by atoms with van der Waals surface area (Å²) in [6.45, 7) is 8.15. The Hall–Kier alpha value is -1.66. The number of thiophene rings is 1. The zero-order chi connectivity index (χ0) is 15.9. The molecule has 0 spiro atoms. The molecular formula is C16H22N4OS. The van der Waals surface area contributed by atoms with Crippen LogP contribution in [0.25, 0.3) is 0 Å². The van der Waals surface area contributed by atoms with Crippen molar-refractivity contribution in [2.45, 2.75) is 39.2 Å². The minimum atomic E-state index is -0.0390. The largest absolute Gasteiger partial charge is 0.312 e. The van der Waals surface area contributed by atoms with Gasteiger partial charge in [0.25, 0.3) is 5.91 Å². The van der Waals surface area contributed by atoms with Crippen LogP contribution >= 0.6 is 11.3 Å². The fourth-order valence-electron chi connectivity index (χ4n) is 2.59. The second-order valence-electron chi connectivity index (χ2n) is 6.72. The second-order valence-corrected chi connectivity index (χ2v) is 7.68. The Labute approximate surface area is 134 Å².